The smallest absolute Gasteiger partial charge is 0.270 e. The van der Waals surface area contributed by atoms with Crippen LogP contribution in [0.1, 0.15) is 12.1 Å². The Hall–Kier alpha value is -1.55. The number of nitro benzene ring substituents is 1. The number of fused-ring (bicyclic) bond motifs is 1. The minimum absolute atomic E-state index is 0.121. The summed E-state index contributed by atoms with van der Waals surface area (Å²) in [6.45, 7) is 0. The van der Waals surface area contributed by atoms with E-state index in [4.69, 9.17) is 11.6 Å². The largest absolute Gasteiger partial charge is 0.358 e. The van der Waals surface area contributed by atoms with Crippen molar-refractivity contribution in [3.05, 3.63) is 40.1 Å². The molecule has 84 valence electrons. The van der Waals surface area contributed by atoms with Gasteiger partial charge >= 0.3 is 0 Å². The zero-order chi connectivity index (χ0) is 11.5. The quantitative estimate of drug-likeness (QED) is 0.505. The molecule has 2 aromatic rings. The summed E-state index contributed by atoms with van der Waals surface area (Å²) in [7, 11) is 0. The lowest BCUT2D eigenvalue weighted by Gasteiger charge is -1.92. The monoisotopic (exact) mass is 238 g/mol. The number of nitrogens with one attached hydrogen (secondary N) is 1. The molecule has 0 unspecified atom stereocenters. The summed E-state index contributed by atoms with van der Waals surface area (Å²) < 4.78 is 0. The van der Waals surface area contributed by atoms with E-state index in [9.17, 15) is 10.1 Å². The molecule has 1 aromatic heterocycles. The Morgan fingerprint density at radius 1 is 1.38 bits per heavy atom. The van der Waals surface area contributed by atoms with Crippen molar-refractivity contribution in [2.75, 3.05) is 5.88 Å². The van der Waals surface area contributed by atoms with Gasteiger partial charge in [-0.2, -0.15) is 0 Å². The van der Waals surface area contributed by atoms with Gasteiger partial charge in [-0.05, 0) is 25.0 Å². The first kappa shape index (κ1) is 11.0. The average molecular weight is 239 g/mol. The summed E-state index contributed by atoms with van der Waals surface area (Å²) in [4.78, 5) is 13.4. The maximum absolute atomic E-state index is 10.6. The fraction of sp³-hybridized carbons (Fsp3) is 0.273. The van der Waals surface area contributed by atoms with Crippen LogP contribution in [0.4, 0.5) is 5.69 Å². The second-order valence-electron chi connectivity index (χ2n) is 3.62. The highest BCUT2D eigenvalue weighted by atomic mass is 35.5. The van der Waals surface area contributed by atoms with Gasteiger partial charge in [0.15, 0.2) is 0 Å². The number of halogens is 1. The zero-order valence-electron chi connectivity index (χ0n) is 8.57. The van der Waals surface area contributed by atoms with Gasteiger partial charge in [-0.25, -0.2) is 0 Å². The third-order valence-corrected chi connectivity index (χ3v) is 2.72. The van der Waals surface area contributed by atoms with Gasteiger partial charge in [0.05, 0.1) is 4.92 Å². The van der Waals surface area contributed by atoms with Crippen LogP contribution in [0.25, 0.3) is 10.9 Å². The van der Waals surface area contributed by atoms with E-state index in [-0.39, 0.29) is 10.6 Å². The summed E-state index contributed by atoms with van der Waals surface area (Å²) >= 11 is 5.61. The summed E-state index contributed by atoms with van der Waals surface area (Å²) in [5.41, 5.74) is 2.11. The normalized spacial score (nSPS) is 10.8. The Balaban J connectivity index is 2.34. The second kappa shape index (κ2) is 4.53. The van der Waals surface area contributed by atoms with E-state index in [0.29, 0.717) is 5.88 Å². The zero-order valence-corrected chi connectivity index (χ0v) is 9.33. The minimum atomic E-state index is -0.384. The number of hydrogen-bond acceptors (Lipinski definition) is 2. The van der Waals surface area contributed by atoms with Crippen molar-refractivity contribution >= 4 is 28.2 Å². The number of non-ortho nitro benzene ring substituents is 1. The number of alkyl halides is 1. The van der Waals surface area contributed by atoms with Crippen LogP contribution in [-0.2, 0) is 6.42 Å². The van der Waals surface area contributed by atoms with Gasteiger partial charge < -0.3 is 4.98 Å². The highest BCUT2D eigenvalue weighted by Crippen LogP contribution is 2.22. The van der Waals surface area contributed by atoms with E-state index >= 15 is 0 Å². The van der Waals surface area contributed by atoms with Gasteiger partial charge in [0, 0.05) is 34.6 Å². The molecule has 0 saturated carbocycles. The lowest BCUT2D eigenvalue weighted by Crippen LogP contribution is -1.86. The Morgan fingerprint density at radius 3 is 2.88 bits per heavy atom. The van der Waals surface area contributed by atoms with Crippen LogP contribution >= 0.6 is 11.6 Å². The Kier molecular flexibility index (Phi) is 3.10. The van der Waals surface area contributed by atoms with Crippen LogP contribution in [0.15, 0.2) is 24.3 Å². The van der Waals surface area contributed by atoms with Gasteiger partial charge in [-0.15, -0.1) is 11.6 Å². The van der Waals surface area contributed by atoms with Gasteiger partial charge in [0.1, 0.15) is 0 Å². The molecule has 0 radical (unpaired) electrons. The van der Waals surface area contributed by atoms with E-state index in [1.54, 1.807) is 12.1 Å². The number of aromatic amines is 1. The van der Waals surface area contributed by atoms with Crippen LogP contribution in [-0.4, -0.2) is 15.8 Å². The molecular weight excluding hydrogens is 228 g/mol. The third-order valence-electron chi connectivity index (χ3n) is 2.45. The first-order valence-electron chi connectivity index (χ1n) is 5.02. The maximum Gasteiger partial charge on any atom is 0.270 e. The molecule has 0 spiro atoms. The summed E-state index contributed by atoms with van der Waals surface area (Å²) in [5, 5.41) is 11.5. The molecule has 5 heteroatoms. The molecule has 0 aliphatic heterocycles. The molecular formula is C11H11ClN2O2. The summed E-state index contributed by atoms with van der Waals surface area (Å²) in [5.74, 6) is 0.621. The van der Waals surface area contributed by atoms with Crippen LogP contribution in [0.2, 0.25) is 0 Å². The molecule has 1 heterocycles. The topological polar surface area (TPSA) is 58.9 Å². The van der Waals surface area contributed by atoms with Gasteiger partial charge in [-0.1, -0.05) is 0 Å². The number of aromatic nitrogens is 1. The van der Waals surface area contributed by atoms with Crippen LogP contribution in [0.3, 0.4) is 0 Å². The molecule has 16 heavy (non-hydrogen) atoms. The molecule has 0 aliphatic carbocycles. The molecule has 1 aromatic carbocycles. The number of nitro groups is 1. The molecule has 0 aliphatic rings. The number of aryl methyl sites for hydroxylation is 1. The Bertz CT molecular complexity index is 522. The lowest BCUT2D eigenvalue weighted by molar-refractivity contribution is -0.384. The van der Waals surface area contributed by atoms with E-state index in [0.717, 1.165) is 29.4 Å². The number of nitrogens with zero attached hydrogens (tertiary/aromatic N) is 1. The number of H-pyrrole nitrogens is 1. The van der Waals surface area contributed by atoms with Crippen molar-refractivity contribution in [3.8, 4) is 0 Å². The standard InChI is InChI=1S/C11H11ClN2O2/c12-5-1-2-9-6-8-7-10(14(15)16)3-4-11(8)13-9/h3-4,6-7,13H,1-2,5H2. The lowest BCUT2D eigenvalue weighted by atomic mass is 10.2. The molecule has 0 fully saturated rings. The molecule has 0 atom stereocenters. The number of rotatable bonds is 4. The third kappa shape index (κ3) is 2.17. The van der Waals surface area contributed by atoms with Crippen LogP contribution < -0.4 is 0 Å². The summed E-state index contributed by atoms with van der Waals surface area (Å²) in [6, 6.07) is 6.76. The fourth-order valence-corrected chi connectivity index (χ4v) is 1.82. The van der Waals surface area contributed by atoms with Gasteiger partial charge in [0.2, 0.25) is 0 Å². The van der Waals surface area contributed by atoms with Crippen molar-refractivity contribution in [2.24, 2.45) is 0 Å². The average Bonchev–Trinajstić information content (AvgIpc) is 2.67. The van der Waals surface area contributed by atoms with Crippen molar-refractivity contribution in [2.45, 2.75) is 12.8 Å². The molecule has 0 bridgehead atoms. The first-order chi connectivity index (χ1) is 7.70. The summed E-state index contributed by atoms with van der Waals surface area (Å²) in [6.07, 6.45) is 1.77. The maximum atomic E-state index is 10.6. The predicted molar refractivity (Wildman–Crippen MR) is 64.0 cm³/mol. The van der Waals surface area contributed by atoms with Gasteiger partial charge in [-0.3, -0.25) is 10.1 Å². The predicted octanol–water partition coefficient (Wildman–Crippen LogP) is 3.25. The first-order valence-corrected chi connectivity index (χ1v) is 5.56. The van der Waals surface area contributed by atoms with E-state index in [2.05, 4.69) is 4.98 Å². The van der Waals surface area contributed by atoms with E-state index in [1.807, 2.05) is 6.07 Å². The van der Waals surface area contributed by atoms with Crippen molar-refractivity contribution < 1.29 is 4.92 Å². The van der Waals surface area contributed by atoms with Crippen molar-refractivity contribution in [1.29, 1.82) is 0 Å². The van der Waals surface area contributed by atoms with Crippen LogP contribution in [0.5, 0.6) is 0 Å². The molecule has 1 N–H and O–H groups in total. The Labute approximate surface area is 97.4 Å². The van der Waals surface area contributed by atoms with Gasteiger partial charge in [0.25, 0.3) is 5.69 Å². The van der Waals surface area contributed by atoms with Crippen molar-refractivity contribution in [1.82, 2.24) is 4.98 Å². The SMILES string of the molecule is O=[N+]([O-])c1ccc2[nH]c(CCCCl)cc2c1. The molecule has 0 amide bonds. The van der Waals surface area contributed by atoms with E-state index < -0.39 is 0 Å². The van der Waals surface area contributed by atoms with Crippen LogP contribution in [0, 0.1) is 10.1 Å². The number of hydrogen-bond donors (Lipinski definition) is 1. The molecule has 0 saturated heterocycles. The molecule has 2 rings (SSSR count). The highest BCUT2D eigenvalue weighted by Gasteiger charge is 2.07. The number of benzene rings is 1. The molecule has 4 nitrogen and oxygen atoms in total. The second-order valence-corrected chi connectivity index (χ2v) is 3.99. The minimum Gasteiger partial charge on any atom is -0.358 e. The fourth-order valence-electron chi connectivity index (χ4n) is 1.69. The van der Waals surface area contributed by atoms with Crippen molar-refractivity contribution in [3.63, 3.8) is 0 Å². The van der Waals surface area contributed by atoms with E-state index in [1.165, 1.54) is 6.07 Å². The Morgan fingerprint density at radius 2 is 2.19 bits per heavy atom. The highest BCUT2D eigenvalue weighted by molar-refractivity contribution is 6.17.